The Morgan fingerprint density at radius 3 is 2.81 bits per heavy atom. The molecule has 1 aromatic heterocycles. The highest BCUT2D eigenvalue weighted by molar-refractivity contribution is 5.79. The number of carbonyl (C=O) groups is 1. The van der Waals surface area contributed by atoms with Crippen LogP contribution in [0, 0.1) is 12.8 Å². The molecule has 21 heavy (non-hydrogen) atoms. The molecule has 2 aliphatic heterocycles. The van der Waals surface area contributed by atoms with Gasteiger partial charge in [0.05, 0.1) is 13.2 Å². The Morgan fingerprint density at radius 1 is 1.38 bits per heavy atom. The molecule has 2 aliphatic rings. The Hall–Kier alpha value is -1.40. The van der Waals surface area contributed by atoms with Crippen LogP contribution in [0.15, 0.2) is 6.20 Å². The largest absolute Gasteiger partial charge is 0.367 e. The zero-order chi connectivity index (χ0) is 14.8. The highest BCUT2D eigenvalue weighted by Crippen LogP contribution is 2.24. The molecule has 0 saturated carbocycles. The van der Waals surface area contributed by atoms with E-state index in [4.69, 9.17) is 4.74 Å². The summed E-state index contributed by atoms with van der Waals surface area (Å²) >= 11 is 0. The quantitative estimate of drug-likeness (QED) is 0.882. The van der Waals surface area contributed by atoms with Crippen molar-refractivity contribution in [3.63, 3.8) is 0 Å². The molecular formula is C15H24N4O2. The van der Waals surface area contributed by atoms with Crippen LogP contribution in [-0.2, 0) is 9.53 Å². The second kappa shape index (κ2) is 6.15. The highest BCUT2D eigenvalue weighted by Gasteiger charge is 2.32. The summed E-state index contributed by atoms with van der Waals surface area (Å²) in [5.41, 5.74) is 1.02. The van der Waals surface area contributed by atoms with E-state index in [0.717, 1.165) is 37.4 Å². The number of ether oxygens (including phenoxy) is 1. The summed E-state index contributed by atoms with van der Waals surface area (Å²) in [6.07, 6.45) is 3.62. The fourth-order valence-electron chi connectivity index (χ4n) is 3.13. The van der Waals surface area contributed by atoms with E-state index in [1.54, 1.807) is 6.20 Å². The van der Waals surface area contributed by atoms with Crippen molar-refractivity contribution in [2.24, 2.45) is 5.92 Å². The zero-order valence-electron chi connectivity index (χ0n) is 12.8. The van der Waals surface area contributed by atoms with E-state index in [-0.39, 0.29) is 12.0 Å². The summed E-state index contributed by atoms with van der Waals surface area (Å²) in [6.45, 7) is 5.89. The van der Waals surface area contributed by atoms with Gasteiger partial charge in [0, 0.05) is 24.4 Å². The zero-order valence-corrected chi connectivity index (χ0v) is 12.8. The SMILES string of the molecule is Cc1cnc([C@H]2CN(C(=O)C3CCN(C)CC3)CCO2)[nH]1. The molecule has 0 bridgehead atoms. The van der Waals surface area contributed by atoms with Gasteiger partial charge in [-0.15, -0.1) is 0 Å². The molecule has 3 heterocycles. The summed E-state index contributed by atoms with van der Waals surface area (Å²) in [4.78, 5) is 24.5. The topological polar surface area (TPSA) is 61.5 Å². The third kappa shape index (κ3) is 3.27. The number of nitrogens with zero attached hydrogens (tertiary/aromatic N) is 3. The van der Waals surface area contributed by atoms with E-state index in [2.05, 4.69) is 21.9 Å². The van der Waals surface area contributed by atoms with Gasteiger partial charge in [-0.05, 0) is 39.9 Å². The first kappa shape index (κ1) is 14.5. The number of rotatable bonds is 2. The number of aromatic nitrogens is 2. The maximum atomic E-state index is 12.7. The Kier molecular flexibility index (Phi) is 4.26. The number of imidazole rings is 1. The third-order valence-corrected chi connectivity index (χ3v) is 4.47. The van der Waals surface area contributed by atoms with Crippen molar-refractivity contribution in [1.82, 2.24) is 19.8 Å². The molecule has 116 valence electrons. The fraction of sp³-hybridized carbons (Fsp3) is 0.733. The first-order valence-corrected chi connectivity index (χ1v) is 7.74. The van der Waals surface area contributed by atoms with E-state index < -0.39 is 0 Å². The predicted octanol–water partition coefficient (Wildman–Crippen LogP) is 0.960. The molecule has 3 rings (SSSR count). The number of H-pyrrole nitrogens is 1. The minimum Gasteiger partial charge on any atom is -0.367 e. The summed E-state index contributed by atoms with van der Waals surface area (Å²) in [5, 5.41) is 0. The average Bonchev–Trinajstić information content (AvgIpc) is 2.94. The number of aryl methyl sites for hydroxylation is 1. The lowest BCUT2D eigenvalue weighted by Gasteiger charge is -2.36. The second-order valence-electron chi connectivity index (χ2n) is 6.17. The highest BCUT2D eigenvalue weighted by atomic mass is 16.5. The normalized spacial score (nSPS) is 25.2. The molecule has 2 saturated heterocycles. The van der Waals surface area contributed by atoms with E-state index in [0.29, 0.717) is 25.6 Å². The van der Waals surface area contributed by atoms with Gasteiger partial charge in [0.15, 0.2) is 0 Å². The van der Waals surface area contributed by atoms with Crippen LogP contribution in [0.2, 0.25) is 0 Å². The predicted molar refractivity (Wildman–Crippen MR) is 78.8 cm³/mol. The number of hydrogen-bond donors (Lipinski definition) is 1. The first-order valence-electron chi connectivity index (χ1n) is 7.74. The summed E-state index contributed by atoms with van der Waals surface area (Å²) in [5.74, 6) is 1.30. The standard InChI is InChI=1S/C15H24N4O2/c1-11-9-16-14(17-11)13-10-19(7-8-21-13)15(20)12-3-5-18(2)6-4-12/h9,12-13H,3-8,10H2,1-2H3,(H,16,17)/t13-/m1/s1. The smallest absolute Gasteiger partial charge is 0.225 e. The molecule has 2 fully saturated rings. The van der Waals surface area contributed by atoms with Crippen molar-refractivity contribution >= 4 is 5.91 Å². The Labute approximate surface area is 125 Å². The van der Waals surface area contributed by atoms with Gasteiger partial charge in [-0.25, -0.2) is 4.98 Å². The average molecular weight is 292 g/mol. The number of hydrogen-bond acceptors (Lipinski definition) is 4. The number of aromatic amines is 1. The molecular weight excluding hydrogens is 268 g/mol. The van der Waals surface area contributed by atoms with Gasteiger partial charge in [0.1, 0.15) is 11.9 Å². The van der Waals surface area contributed by atoms with Gasteiger partial charge >= 0.3 is 0 Å². The van der Waals surface area contributed by atoms with Gasteiger partial charge in [-0.1, -0.05) is 0 Å². The maximum absolute atomic E-state index is 12.7. The summed E-state index contributed by atoms with van der Waals surface area (Å²) in [6, 6.07) is 0. The summed E-state index contributed by atoms with van der Waals surface area (Å²) in [7, 11) is 2.12. The van der Waals surface area contributed by atoms with Crippen LogP contribution in [-0.4, -0.2) is 65.5 Å². The molecule has 6 heteroatoms. The second-order valence-corrected chi connectivity index (χ2v) is 6.17. The number of likely N-dealkylation sites (tertiary alicyclic amines) is 1. The summed E-state index contributed by atoms with van der Waals surface area (Å²) < 4.78 is 5.77. The van der Waals surface area contributed by atoms with Crippen LogP contribution >= 0.6 is 0 Å². The molecule has 0 aliphatic carbocycles. The fourth-order valence-corrected chi connectivity index (χ4v) is 3.13. The van der Waals surface area contributed by atoms with Crippen molar-refractivity contribution in [2.75, 3.05) is 39.8 Å². The lowest BCUT2D eigenvalue weighted by atomic mass is 9.95. The number of amides is 1. The van der Waals surface area contributed by atoms with Crippen LogP contribution in [0.4, 0.5) is 0 Å². The molecule has 1 N–H and O–H groups in total. The van der Waals surface area contributed by atoms with Gasteiger partial charge in [-0.3, -0.25) is 4.79 Å². The van der Waals surface area contributed by atoms with E-state index in [1.807, 2.05) is 11.8 Å². The number of piperidine rings is 1. The first-order chi connectivity index (χ1) is 10.1. The maximum Gasteiger partial charge on any atom is 0.225 e. The van der Waals surface area contributed by atoms with Gasteiger partial charge < -0.3 is 19.5 Å². The van der Waals surface area contributed by atoms with Crippen molar-refractivity contribution in [3.8, 4) is 0 Å². The van der Waals surface area contributed by atoms with E-state index in [9.17, 15) is 4.79 Å². The molecule has 0 aromatic carbocycles. The Bertz CT molecular complexity index is 494. The monoisotopic (exact) mass is 292 g/mol. The third-order valence-electron chi connectivity index (χ3n) is 4.47. The number of nitrogens with one attached hydrogen (secondary N) is 1. The van der Waals surface area contributed by atoms with Crippen LogP contribution in [0.25, 0.3) is 0 Å². The van der Waals surface area contributed by atoms with Crippen molar-refractivity contribution in [2.45, 2.75) is 25.9 Å². The van der Waals surface area contributed by atoms with Crippen molar-refractivity contribution in [1.29, 1.82) is 0 Å². The Morgan fingerprint density at radius 2 is 2.14 bits per heavy atom. The van der Waals surface area contributed by atoms with Crippen molar-refractivity contribution in [3.05, 3.63) is 17.7 Å². The molecule has 1 aromatic rings. The van der Waals surface area contributed by atoms with E-state index in [1.165, 1.54) is 0 Å². The van der Waals surface area contributed by atoms with Gasteiger partial charge in [0.2, 0.25) is 5.91 Å². The van der Waals surface area contributed by atoms with Crippen molar-refractivity contribution < 1.29 is 9.53 Å². The van der Waals surface area contributed by atoms with Gasteiger partial charge in [-0.2, -0.15) is 0 Å². The van der Waals surface area contributed by atoms with Crippen LogP contribution < -0.4 is 0 Å². The minimum atomic E-state index is -0.123. The van der Waals surface area contributed by atoms with Gasteiger partial charge in [0.25, 0.3) is 0 Å². The van der Waals surface area contributed by atoms with Crippen LogP contribution in [0.5, 0.6) is 0 Å². The van der Waals surface area contributed by atoms with Crippen LogP contribution in [0.3, 0.4) is 0 Å². The molecule has 0 unspecified atom stereocenters. The number of morpholine rings is 1. The molecule has 0 radical (unpaired) electrons. The minimum absolute atomic E-state index is 0.123. The lowest BCUT2D eigenvalue weighted by molar-refractivity contribution is -0.145. The Balaban J connectivity index is 1.61. The van der Waals surface area contributed by atoms with Crippen LogP contribution in [0.1, 0.15) is 30.5 Å². The van der Waals surface area contributed by atoms with E-state index >= 15 is 0 Å². The lowest BCUT2D eigenvalue weighted by Crippen LogP contribution is -2.47. The molecule has 6 nitrogen and oxygen atoms in total. The number of carbonyl (C=O) groups excluding carboxylic acids is 1. The molecule has 1 atom stereocenters. The molecule has 0 spiro atoms. The molecule has 1 amide bonds.